The Labute approximate surface area is 105 Å². The third-order valence-electron chi connectivity index (χ3n) is 2.38. The molecule has 2 rings (SSSR count). The molecular formula is C13H15N3O2. The first kappa shape index (κ1) is 12.5. The van der Waals surface area contributed by atoms with Gasteiger partial charge in [-0.05, 0) is 24.3 Å². The van der Waals surface area contributed by atoms with Crippen molar-refractivity contribution in [2.24, 2.45) is 5.73 Å². The smallest absolute Gasteiger partial charge is 0.250 e. The number of amides is 1. The van der Waals surface area contributed by atoms with Crippen LogP contribution in [0.3, 0.4) is 0 Å². The summed E-state index contributed by atoms with van der Waals surface area (Å²) in [4.78, 5) is 15.7. The Morgan fingerprint density at radius 2 is 2.28 bits per heavy atom. The van der Waals surface area contributed by atoms with Crippen LogP contribution >= 0.6 is 0 Å². The number of hydrogen-bond acceptors (Lipinski definition) is 4. The van der Waals surface area contributed by atoms with Crippen LogP contribution in [0.1, 0.15) is 0 Å². The number of aromatic nitrogens is 1. The van der Waals surface area contributed by atoms with Crippen LogP contribution in [0.25, 0.3) is 10.9 Å². The highest BCUT2D eigenvalue weighted by Gasteiger charge is 2.03. The Bertz CT molecular complexity index is 543. The van der Waals surface area contributed by atoms with E-state index in [-0.39, 0.29) is 12.5 Å². The number of hydrogen-bond donors (Lipinski definition) is 2. The van der Waals surface area contributed by atoms with Crippen LogP contribution in [-0.2, 0) is 9.53 Å². The molecule has 1 aromatic carbocycles. The zero-order valence-corrected chi connectivity index (χ0v) is 9.93. The molecule has 2 aromatic rings. The zero-order valence-electron chi connectivity index (χ0n) is 9.93. The molecule has 1 amide bonds. The van der Waals surface area contributed by atoms with Gasteiger partial charge in [0, 0.05) is 23.8 Å². The summed E-state index contributed by atoms with van der Waals surface area (Å²) < 4.78 is 5.05. The van der Waals surface area contributed by atoms with Crippen LogP contribution in [0.15, 0.2) is 36.5 Å². The van der Waals surface area contributed by atoms with Crippen molar-refractivity contribution in [2.75, 3.05) is 25.1 Å². The lowest BCUT2D eigenvalue weighted by Gasteiger charge is -2.06. The first-order valence-electron chi connectivity index (χ1n) is 5.72. The molecule has 1 heterocycles. The average molecular weight is 245 g/mol. The fourth-order valence-electron chi connectivity index (χ4n) is 1.60. The van der Waals surface area contributed by atoms with Gasteiger partial charge in [-0.15, -0.1) is 0 Å². The van der Waals surface area contributed by atoms with Crippen LogP contribution < -0.4 is 11.1 Å². The topological polar surface area (TPSA) is 77.2 Å². The van der Waals surface area contributed by atoms with Crippen molar-refractivity contribution in [1.82, 2.24) is 4.98 Å². The lowest BCUT2D eigenvalue weighted by Crippen LogP contribution is -2.20. The molecule has 18 heavy (non-hydrogen) atoms. The monoisotopic (exact) mass is 245 g/mol. The van der Waals surface area contributed by atoms with E-state index in [1.54, 1.807) is 6.20 Å². The Morgan fingerprint density at radius 1 is 1.39 bits per heavy atom. The molecule has 0 aliphatic heterocycles. The molecule has 0 aliphatic rings. The van der Waals surface area contributed by atoms with E-state index in [9.17, 15) is 4.79 Å². The predicted octanol–water partition coefficient (Wildman–Crippen LogP) is 1.15. The fourth-order valence-corrected chi connectivity index (χ4v) is 1.60. The van der Waals surface area contributed by atoms with Crippen molar-refractivity contribution in [3.63, 3.8) is 0 Å². The molecular weight excluding hydrogens is 230 g/mol. The molecule has 0 spiro atoms. The molecule has 5 nitrogen and oxygen atoms in total. The number of fused-ring (bicyclic) bond motifs is 1. The third-order valence-corrected chi connectivity index (χ3v) is 2.38. The molecule has 0 unspecified atom stereocenters. The van der Waals surface area contributed by atoms with Crippen molar-refractivity contribution in [1.29, 1.82) is 0 Å². The third kappa shape index (κ3) is 3.26. The van der Waals surface area contributed by atoms with E-state index in [1.165, 1.54) is 0 Å². The summed E-state index contributed by atoms with van der Waals surface area (Å²) >= 11 is 0. The van der Waals surface area contributed by atoms with Gasteiger partial charge in [0.05, 0.1) is 12.1 Å². The van der Waals surface area contributed by atoms with Gasteiger partial charge in [-0.2, -0.15) is 0 Å². The van der Waals surface area contributed by atoms with Gasteiger partial charge in [0.25, 0.3) is 0 Å². The number of nitrogens with two attached hydrogens (primary N) is 1. The van der Waals surface area contributed by atoms with Gasteiger partial charge in [-0.1, -0.05) is 6.07 Å². The second-order valence-corrected chi connectivity index (χ2v) is 3.80. The van der Waals surface area contributed by atoms with E-state index in [1.807, 2.05) is 30.3 Å². The normalized spacial score (nSPS) is 10.5. The van der Waals surface area contributed by atoms with Gasteiger partial charge >= 0.3 is 0 Å². The van der Waals surface area contributed by atoms with E-state index in [4.69, 9.17) is 10.5 Å². The van der Waals surface area contributed by atoms with Gasteiger partial charge in [0.2, 0.25) is 5.91 Å². The Balaban J connectivity index is 2.01. The molecule has 5 heteroatoms. The number of benzene rings is 1. The number of nitrogens with zero attached hydrogens (tertiary/aromatic N) is 1. The first-order chi connectivity index (χ1) is 8.79. The number of anilines is 1. The van der Waals surface area contributed by atoms with E-state index in [0.29, 0.717) is 13.2 Å². The summed E-state index contributed by atoms with van der Waals surface area (Å²) in [5, 5.41) is 3.74. The second kappa shape index (κ2) is 6.09. The molecule has 0 fully saturated rings. The van der Waals surface area contributed by atoms with Crippen LogP contribution in [0.4, 0.5) is 5.69 Å². The molecule has 0 saturated heterocycles. The quantitative estimate of drug-likeness (QED) is 0.775. The largest absolute Gasteiger partial charge is 0.370 e. The van der Waals surface area contributed by atoms with Gasteiger partial charge < -0.3 is 15.8 Å². The molecule has 0 atom stereocenters. The highest BCUT2D eigenvalue weighted by atomic mass is 16.5. The van der Waals surface area contributed by atoms with Crippen LogP contribution in [0.5, 0.6) is 0 Å². The standard InChI is InChI=1S/C13H15N3O2/c14-5-7-18-9-13(17)16-11-3-4-12-10(8-11)2-1-6-15-12/h1-4,6,8H,5,7,9,14H2,(H,16,17). The van der Waals surface area contributed by atoms with E-state index < -0.39 is 0 Å². The van der Waals surface area contributed by atoms with Crippen LogP contribution in [-0.4, -0.2) is 30.6 Å². The summed E-state index contributed by atoms with van der Waals surface area (Å²) in [7, 11) is 0. The number of carbonyl (C=O) groups is 1. The SMILES string of the molecule is NCCOCC(=O)Nc1ccc2ncccc2c1. The van der Waals surface area contributed by atoms with Crippen molar-refractivity contribution >= 4 is 22.5 Å². The van der Waals surface area contributed by atoms with Crippen molar-refractivity contribution < 1.29 is 9.53 Å². The van der Waals surface area contributed by atoms with Gasteiger partial charge in [0.15, 0.2) is 0 Å². The molecule has 3 N–H and O–H groups in total. The summed E-state index contributed by atoms with van der Waals surface area (Å²) in [6.07, 6.45) is 1.74. The number of nitrogens with one attached hydrogen (secondary N) is 1. The maximum Gasteiger partial charge on any atom is 0.250 e. The summed E-state index contributed by atoms with van der Waals surface area (Å²) in [5.41, 5.74) is 6.90. The lowest BCUT2D eigenvalue weighted by atomic mass is 10.2. The lowest BCUT2D eigenvalue weighted by molar-refractivity contribution is -0.120. The molecule has 0 aliphatic carbocycles. The van der Waals surface area contributed by atoms with Crippen molar-refractivity contribution in [3.05, 3.63) is 36.5 Å². The number of pyridine rings is 1. The summed E-state index contributed by atoms with van der Waals surface area (Å²) in [6.45, 7) is 0.812. The maximum absolute atomic E-state index is 11.5. The second-order valence-electron chi connectivity index (χ2n) is 3.80. The average Bonchev–Trinajstić information content (AvgIpc) is 2.39. The molecule has 0 saturated carbocycles. The highest BCUT2D eigenvalue weighted by molar-refractivity contribution is 5.94. The van der Waals surface area contributed by atoms with E-state index in [0.717, 1.165) is 16.6 Å². The predicted molar refractivity (Wildman–Crippen MR) is 70.2 cm³/mol. The maximum atomic E-state index is 11.5. The van der Waals surface area contributed by atoms with Gasteiger partial charge in [0.1, 0.15) is 6.61 Å². The van der Waals surface area contributed by atoms with Crippen LogP contribution in [0.2, 0.25) is 0 Å². The highest BCUT2D eigenvalue weighted by Crippen LogP contribution is 2.16. The minimum atomic E-state index is -0.188. The van der Waals surface area contributed by atoms with E-state index >= 15 is 0 Å². The number of rotatable bonds is 5. The molecule has 1 aromatic heterocycles. The Hall–Kier alpha value is -1.98. The zero-order chi connectivity index (χ0) is 12.8. The van der Waals surface area contributed by atoms with E-state index in [2.05, 4.69) is 10.3 Å². The molecule has 0 bridgehead atoms. The summed E-state index contributed by atoms with van der Waals surface area (Å²) in [6, 6.07) is 9.37. The fraction of sp³-hybridized carbons (Fsp3) is 0.231. The minimum Gasteiger partial charge on any atom is -0.370 e. The van der Waals surface area contributed by atoms with Crippen molar-refractivity contribution in [2.45, 2.75) is 0 Å². The number of carbonyl (C=O) groups excluding carboxylic acids is 1. The summed E-state index contributed by atoms with van der Waals surface area (Å²) in [5.74, 6) is -0.188. The van der Waals surface area contributed by atoms with Crippen molar-refractivity contribution in [3.8, 4) is 0 Å². The van der Waals surface area contributed by atoms with Crippen LogP contribution in [0, 0.1) is 0 Å². The minimum absolute atomic E-state index is 0.0161. The molecule has 94 valence electrons. The Kier molecular flexibility index (Phi) is 4.22. The Morgan fingerprint density at radius 3 is 3.11 bits per heavy atom. The first-order valence-corrected chi connectivity index (χ1v) is 5.72. The van der Waals surface area contributed by atoms with Gasteiger partial charge in [-0.25, -0.2) is 0 Å². The number of ether oxygens (including phenoxy) is 1. The molecule has 0 radical (unpaired) electrons. The van der Waals surface area contributed by atoms with Gasteiger partial charge in [-0.3, -0.25) is 9.78 Å².